The molecule has 0 fully saturated rings. The first-order valence-electron chi connectivity index (χ1n) is 7.63. The number of rotatable bonds is 4. The minimum absolute atomic E-state index is 0.0716. The predicted molar refractivity (Wildman–Crippen MR) is 98.3 cm³/mol. The lowest BCUT2D eigenvalue weighted by Crippen LogP contribution is -2.17. The minimum atomic E-state index is -0.447. The Morgan fingerprint density at radius 3 is 2.60 bits per heavy atom. The molecule has 3 rings (SSSR count). The van der Waals surface area contributed by atoms with Gasteiger partial charge >= 0.3 is 0 Å². The van der Waals surface area contributed by atoms with Crippen LogP contribution in [0.1, 0.15) is 23.7 Å². The second-order valence-corrected chi connectivity index (χ2v) is 6.61. The number of ketones is 1. The van der Waals surface area contributed by atoms with Crippen molar-refractivity contribution in [2.45, 2.75) is 20.8 Å². The Labute approximate surface area is 148 Å². The van der Waals surface area contributed by atoms with Gasteiger partial charge in [0.2, 0.25) is 5.13 Å². The molecule has 3 aromatic rings. The van der Waals surface area contributed by atoms with Crippen molar-refractivity contribution in [2.75, 3.05) is 0 Å². The second-order valence-electron chi connectivity index (χ2n) is 5.77. The number of nitrogens with one attached hydrogen (secondary N) is 1. The quantitative estimate of drug-likeness (QED) is 0.555. The Bertz CT molecular complexity index is 1020. The number of allylic oxidation sites excluding steroid dienone is 1. The van der Waals surface area contributed by atoms with Gasteiger partial charge in [-0.2, -0.15) is 4.68 Å². The molecule has 6 nitrogen and oxygen atoms in total. The number of H-pyrrole nitrogens is 1. The third-order valence-electron chi connectivity index (χ3n) is 3.70. The van der Waals surface area contributed by atoms with E-state index in [9.17, 15) is 14.7 Å². The smallest absolute Gasteiger partial charge is 0.284 e. The Balaban J connectivity index is 2.03. The number of carbonyl (C=O) groups excluding carboxylic acids is 1. The van der Waals surface area contributed by atoms with Gasteiger partial charge in [-0.25, -0.2) is 4.98 Å². The van der Waals surface area contributed by atoms with Crippen molar-refractivity contribution in [3.8, 4) is 16.4 Å². The molecule has 0 spiro atoms. The number of aryl methyl sites for hydroxylation is 2. The maximum Gasteiger partial charge on any atom is 0.284 e. The van der Waals surface area contributed by atoms with Crippen LogP contribution in [0.25, 0.3) is 22.1 Å². The van der Waals surface area contributed by atoms with E-state index in [1.807, 2.05) is 36.6 Å². The molecular weight excluding hydrogens is 338 g/mol. The highest BCUT2D eigenvalue weighted by Crippen LogP contribution is 2.24. The van der Waals surface area contributed by atoms with Crippen LogP contribution in [-0.2, 0) is 4.79 Å². The van der Waals surface area contributed by atoms with Crippen LogP contribution in [0, 0.1) is 13.8 Å². The van der Waals surface area contributed by atoms with Crippen LogP contribution < -0.4 is 5.56 Å². The summed E-state index contributed by atoms with van der Waals surface area (Å²) in [4.78, 5) is 28.2. The van der Waals surface area contributed by atoms with Crippen molar-refractivity contribution in [1.29, 1.82) is 0 Å². The minimum Gasteiger partial charge on any atom is -0.507 e. The third kappa shape index (κ3) is 3.32. The van der Waals surface area contributed by atoms with E-state index in [0.717, 1.165) is 22.9 Å². The summed E-state index contributed by atoms with van der Waals surface area (Å²) in [7, 11) is 0. The van der Waals surface area contributed by atoms with E-state index in [0.29, 0.717) is 10.8 Å². The van der Waals surface area contributed by atoms with Crippen molar-refractivity contribution < 1.29 is 9.90 Å². The number of thiazole rings is 1. The lowest BCUT2D eigenvalue weighted by Gasteiger charge is -1.97. The van der Waals surface area contributed by atoms with Gasteiger partial charge in [0.25, 0.3) is 5.56 Å². The summed E-state index contributed by atoms with van der Waals surface area (Å²) in [5.41, 5.74) is 2.98. The van der Waals surface area contributed by atoms with Gasteiger partial charge in [-0.3, -0.25) is 14.7 Å². The Kier molecular flexibility index (Phi) is 4.41. The fraction of sp³-hybridized carbons (Fsp3) is 0.167. The average molecular weight is 355 g/mol. The van der Waals surface area contributed by atoms with Gasteiger partial charge in [0.1, 0.15) is 11.3 Å². The molecule has 0 radical (unpaired) electrons. The topological polar surface area (TPSA) is 88.0 Å². The van der Waals surface area contributed by atoms with Gasteiger partial charge in [0, 0.05) is 22.7 Å². The largest absolute Gasteiger partial charge is 0.507 e. The molecule has 2 heterocycles. The zero-order chi connectivity index (χ0) is 18.1. The fourth-order valence-corrected chi connectivity index (χ4v) is 3.26. The molecule has 2 N–H and O–H groups in total. The zero-order valence-electron chi connectivity index (χ0n) is 14.0. The molecule has 2 aromatic heterocycles. The van der Waals surface area contributed by atoms with Crippen molar-refractivity contribution >= 4 is 22.9 Å². The van der Waals surface area contributed by atoms with Gasteiger partial charge in [-0.05, 0) is 20.8 Å². The van der Waals surface area contributed by atoms with E-state index in [1.54, 1.807) is 6.92 Å². The van der Waals surface area contributed by atoms with Gasteiger partial charge in [-0.1, -0.05) is 29.8 Å². The number of aliphatic hydroxyl groups excluding tert-OH is 1. The van der Waals surface area contributed by atoms with E-state index in [4.69, 9.17) is 0 Å². The molecule has 1 aromatic carbocycles. The van der Waals surface area contributed by atoms with Gasteiger partial charge < -0.3 is 5.11 Å². The van der Waals surface area contributed by atoms with Crippen molar-refractivity contribution in [2.24, 2.45) is 0 Å². The Morgan fingerprint density at radius 1 is 1.28 bits per heavy atom. The molecule has 7 heteroatoms. The summed E-state index contributed by atoms with van der Waals surface area (Å²) in [6, 6.07) is 7.96. The Hall–Kier alpha value is -2.93. The van der Waals surface area contributed by atoms with Crippen molar-refractivity contribution in [3.05, 3.63) is 62.9 Å². The SMILES string of the molecule is CC(=O)/C=C(\O)c1c(C)[nH]n(-c2nc(-c3ccc(C)cc3)cs2)c1=O. The molecule has 0 amide bonds. The molecule has 0 unspecified atom stereocenters. The van der Waals surface area contributed by atoms with E-state index >= 15 is 0 Å². The Morgan fingerprint density at radius 2 is 1.96 bits per heavy atom. The first-order chi connectivity index (χ1) is 11.9. The van der Waals surface area contributed by atoms with Crippen LogP contribution in [0.4, 0.5) is 0 Å². The lowest BCUT2D eigenvalue weighted by molar-refractivity contribution is -0.112. The monoisotopic (exact) mass is 355 g/mol. The van der Waals surface area contributed by atoms with Crippen LogP contribution in [0.3, 0.4) is 0 Å². The highest BCUT2D eigenvalue weighted by molar-refractivity contribution is 7.12. The number of nitrogens with zero attached hydrogens (tertiary/aromatic N) is 2. The summed E-state index contributed by atoms with van der Waals surface area (Å²) in [6.45, 7) is 4.98. The van der Waals surface area contributed by atoms with E-state index < -0.39 is 5.56 Å². The number of hydrogen-bond acceptors (Lipinski definition) is 5. The molecule has 0 aliphatic heterocycles. The number of aromatic nitrogens is 3. The number of hydrogen-bond donors (Lipinski definition) is 2. The molecule has 0 bridgehead atoms. The van der Waals surface area contributed by atoms with Crippen molar-refractivity contribution in [3.63, 3.8) is 0 Å². The summed E-state index contributed by atoms with van der Waals surface area (Å²) in [6.07, 6.45) is 1.03. The number of benzene rings is 1. The van der Waals surface area contributed by atoms with E-state index in [1.165, 1.54) is 22.9 Å². The third-order valence-corrected chi connectivity index (χ3v) is 4.52. The normalized spacial score (nSPS) is 11.7. The first-order valence-corrected chi connectivity index (χ1v) is 8.51. The highest BCUT2D eigenvalue weighted by atomic mass is 32.1. The molecule has 0 atom stereocenters. The second kappa shape index (κ2) is 6.52. The summed E-state index contributed by atoms with van der Waals surface area (Å²) >= 11 is 1.32. The molecule has 0 aliphatic carbocycles. The molecule has 0 saturated heterocycles. The molecular formula is C18H17N3O3S. The van der Waals surface area contributed by atoms with Gasteiger partial charge in [0.05, 0.1) is 5.69 Å². The molecule has 128 valence electrons. The van der Waals surface area contributed by atoms with E-state index in [-0.39, 0.29) is 17.1 Å². The van der Waals surface area contributed by atoms with Crippen molar-refractivity contribution in [1.82, 2.24) is 14.8 Å². The number of aromatic amines is 1. The summed E-state index contributed by atoms with van der Waals surface area (Å²) < 4.78 is 1.28. The fourth-order valence-electron chi connectivity index (χ4n) is 2.47. The number of carbonyl (C=O) groups is 1. The first kappa shape index (κ1) is 16.9. The van der Waals surface area contributed by atoms with Crippen LogP contribution in [0.15, 0.2) is 40.5 Å². The standard InChI is InChI=1S/C18H17N3O3S/c1-10-4-6-13(7-5-10)14-9-25-18(19-14)21-17(24)16(12(3)20-21)15(23)8-11(2)22/h4-9,20,23H,1-3H3/b15-8-. The molecule has 0 aliphatic rings. The lowest BCUT2D eigenvalue weighted by atomic mass is 10.1. The average Bonchev–Trinajstić information content (AvgIpc) is 3.12. The summed E-state index contributed by atoms with van der Waals surface area (Å²) in [5.74, 6) is -0.680. The van der Waals surface area contributed by atoms with E-state index in [2.05, 4.69) is 10.1 Å². The predicted octanol–water partition coefficient (Wildman–Crippen LogP) is 3.39. The molecule has 25 heavy (non-hydrogen) atoms. The number of aliphatic hydroxyl groups is 1. The summed E-state index contributed by atoms with van der Waals surface area (Å²) in [5, 5.41) is 15.2. The van der Waals surface area contributed by atoms with Gasteiger partial charge in [-0.15, -0.1) is 11.3 Å². The zero-order valence-corrected chi connectivity index (χ0v) is 14.8. The van der Waals surface area contributed by atoms with Gasteiger partial charge in [0.15, 0.2) is 5.78 Å². The van der Waals surface area contributed by atoms with Crippen LogP contribution in [0.2, 0.25) is 0 Å². The van der Waals surface area contributed by atoms with Crippen LogP contribution in [-0.4, -0.2) is 25.7 Å². The van der Waals surface area contributed by atoms with Crippen LogP contribution >= 0.6 is 11.3 Å². The maximum atomic E-state index is 12.6. The van der Waals surface area contributed by atoms with Crippen LogP contribution in [0.5, 0.6) is 0 Å². The maximum absolute atomic E-state index is 12.6. The molecule has 0 saturated carbocycles. The highest BCUT2D eigenvalue weighted by Gasteiger charge is 2.18.